The first-order chi connectivity index (χ1) is 16.5. The van der Waals surface area contributed by atoms with Gasteiger partial charge in [0.25, 0.3) is 11.2 Å². The van der Waals surface area contributed by atoms with E-state index in [0.29, 0.717) is 28.0 Å². The SMILES string of the molecule is CCCc1sc2nc(Sc3ccc(C(F)(F)F)cc3[N+](=O)[O-])n(-c3ccc(F)cc3)c(=O)c2c1C. The maximum Gasteiger partial charge on any atom is 0.416 e. The summed E-state index contributed by atoms with van der Waals surface area (Å²) in [6.07, 6.45) is -3.18. The van der Waals surface area contributed by atoms with Gasteiger partial charge in [-0.2, -0.15) is 13.2 Å². The van der Waals surface area contributed by atoms with Crippen molar-refractivity contribution in [3.8, 4) is 5.69 Å². The predicted octanol–water partition coefficient (Wildman–Crippen LogP) is 6.93. The summed E-state index contributed by atoms with van der Waals surface area (Å²) < 4.78 is 54.1. The Morgan fingerprint density at radius 1 is 1.17 bits per heavy atom. The van der Waals surface area contributed by atoms with Crippen LogP contribution in [-0.2, 0) is 12.6 Å². The molecule has 12 heteroatoms. The van der Waals surface area contributed by atoms with Crippen LogP contribution in [0.25, 0.3) is 15.9 Å². The standard InChI is InChI=1S/C23H17F4N3O3S2/c1-3-4-17-12(2)19-20(34-17)28-22(29(21(19)31)15-8-6-14(24)7-9-15)35-18-10-5-13(23(25,26)27)11-16(18)30(32)33/h5-11H,3-4H2,1-2H3. The van der Waals surface area contributed by atoms with Crippen molar-refractivity contribution in [3.05, 3.63) is 84.8 Å². The van der Waals surface area contributed by atoms with Crippen LogP contribution in [0.2, 0.25) is 0 Å². The number of alkyl halides is 3. The fourth-order valence-electron chi connectivity index (χ4n) is 3.58. The molecule has 0 spiro atoms. The van der Waals surface area contributed by atoms with Gasteiger partial charge in [0.15, 0.2) is 5.16 Å². The summed E-state index contributed by atoms with van der Waals surface area (Å²) in [5.41, 5.74) is -1.33. The molecule has 4 aromatic rings. The third-order valence-electron chi connectivity index (χ3n) is 5.28. The molecular formula is C23H17F4N3O3S2. The zero-order chi connectivity index (χ0) is 25.5. The molecule has 2 heterocycles. The number of nitro benzene ring substituents is 1. The number of thiophene rings is 1. The van der Waals surface area contributed by atoms with Gasteiger partial charge in [-0.25, -0.2) is 9.37 Å². The third-order valence-corrected chi connectivity index (χ3v) is 7.55. The van der Waals surface area contributed by atoms with Crippen molar-refractivity contribution in [1.82, 2.24) is 9.55 Å². The second kappa shape index (κ2) is 9.42. The Bertz CT molecular complexity index is 1500. The average Bonchev–Trinajstić information content (AvgIpc) is 3.10. The smallest absolute Gasteiger partial charge is 0.268 e. The van der Waals surface area contributed by atoms with Crippen LogP contribution in [0.3, 0.4) is 0 Å². The molecule has 2 aromatic carbocycles. The molecule has 0 bridgehead atoms. The lowest BCUT2D eigenvalue weighted by Crippen LogP contribution is -2.21. The topological polar surface area (TPSA) is 78.0 Å². The van der Waals surface area contributed by atoms with E-state index in [0.717, 1.165) is 47.5 Å². The van der Waals surface area contributed by atoms with Gasteiger partial charge in [0, 0.05) is 10.9 Å². The first-order valence-electron chi connectivity index (χ1n) is 10.4. The van der Waals surface area contributed by atoms with Gasteiger partial charge < -0.3 is 0 Å². The highest BCUT2D eigenvalue weighted by molar-refractivity contribution is 7.99. The molecule has 0 amide bonds. The summed E-state index contributed by atoms with van der Waals surface area (Å²) in [5, 5.41) is 12.0. The average molecular weight is 524 g/mol. The zero-order valence-corrected chi connectivity index (χ0v) is 20.0. The summed E-state index contributed by atoms with van der Waals surface area (Å²) in [4.78, 5) is 30.1. The number of fused-ring (bicyclic) bond motifs is 1. The quantitative estimate of drug-likeness (QED) is 0.119. The fourth-order valence-corrected chi connectivity index (χ4v) is 5.90. The first-order valence-corrected chi connectivity index (χ1v) is 12.0. The maximum absolute atomic E-state index is 13.6. The monoisotopic (exact) mass is 523 g/mol. The Morgan fingerprint density at radius 3 is 2.46 bits per heavy atom. The summed E-state index contributed by atoms with van der Waals surface area (Å²) in [5.74, 6) is -0.527. The van der Waals surface area contributed by atoms with E-state index < -0.39 is 33.7 Å². The van der Waals surface area contributed by atoms with E-state index in [1.54, 1.807) is 0 Å². The van der Waals surface area contributed by atoms with Crippen molar-refractivity contribution in [2.24, 2.45) is 0 Å². The summed E-state index contributed by atoms with van der Waals surface area (Å²) in [7, 11) is 0. The van der Waals surface area contributed by atoms with Gasteiger partial charge >= 0.3 is 6.18 Å². The third kappa shape index (κ3) is 4.80. The highest BCUT2D eigenvalue weighted by atomic mass is 32.2. The van der Waals surface area contributed by atoms with Gasteiger partial charge in [-0.05, 0) is 67.1 Å². The van der Waals surface area contributed by atoms with Crippen LogP contribution < -0.4 is 5.56 Å². The van der Waals surface area contributed by atoms with Crippen molar-refractivity contribution in [1.29, 1.82) is 0 Å². The number of aromatic nitrogens is 2. The van der Waals surface area contributed by atoms with Crippen LogP contribution >= 0.6 is 23.1 Å². The van der Waals surface area contributed by atoms with Gasteiger partial charge in [-0.15, -0.1) is 11.3 Å². The lowest BCUT2D eigenvalue weighted by molar-refractivity contribution is -0.388. The van der Waals surface area contributed by atoms with E-state index in [1.807, 2.05) is 13.8 Å². The number of benzene rings is 2. The molecule has 0 saturated carbocycles. The molecule has 0 atom stereocenters. The van der Waals surface area contributed by atoms with Crippen LogP contribution in [0.5, 0.6) is 0 Å². The van der Waals surface area contributed by atoms with Crippen LogP contribution in [0.1, 0.15) is 29.3 Å². The normalized spacial score (nSPS) is 11.8. The molecule has 4 rings (SSSR count). The molecule has 35 heavy (non-hydrogen) atoms. The maximum atomic E-state index is 13.6. The zero-order valence-electron chi connectivity index (χ0n) is 18.4. The Morgan fingerprint density at radius 2 is 1.86 bits per heavy atom. The van der Waals surface area contributed by atoms with Crippen molar-refractivity contribution in [2.45, 2.75) is 42.9 Å². The van der Waals surface area contributed by atoms with Crippen molar-refractivity contribution in [3.63, 3.8) is 0 Å². The molecule has 182 valence electrons. The number of halogens is 4. The first kappa shape index (κ1) is 24.9. The predicted molar refractivity (Wildman–Crippen MR) is 126 cm³/mol. The number of rotatable bonds is 6. The van der Waals surface area contributed by atoms with E-state index in [9.17, 15) is 32.5 Å². The van der Waals surface area contributed by atoms with Crippen molar-refractivity contribution < 1.29 is 22.5 Å². The molecule has 6 nitrogen and oxygen atoms in total. The van der Waals surface area contributed by atoms with Crippen LogP contribution in [0, 0.1) is 22.9 Å². The van der Waals surface area contributed by atoms with E-state index >= 15 is 0 Å². The molecule has 0 aliphatic carbocycles. The van der Waals surface area contributed by atoms with Gasteiger partial charge in [0.2, 0.25) is 0 Å². The van der Waals surface area contributed by atoms with E-state index in [1.165, 1.54) is 28.0 Å². The van der Waals surface area contributed by atoms with E-state index in [2.05, 4.69) is 4.98 Å². The minimum atomic E-state index is -4.76. The summed E-state index contributed by atoms with van der Waals surface area (Å²) >= 11 is 2.03. The molecule has 0 N–H and O–H groups in total. The Balaban J connectivity index is 1.96. The number of nitro groups is 1. The molecule has 0 radical (unpaired) electrons. The van der Waals surface area contributed by atoms with Crippen LogP contribution in [0.4, 0.5) is 23.2 Å². The van der Waals surface area contributed by atoms with Gasteiger partial charge in [-0.1, -0.05) is 13.3 Å². The second-order valence-corrected chi connectivity index (χ2v) is 9.72. The highest BCUT2D eigenvalue weighted by Crippen LogP contribution is 2.40. The van der Waals surface area contributed by atoms with E-state index in [4.69, 9.17) is 0 Å². The molecule has 0 fully saturated rings. The van der Waals surface area contributed by atoms with Crippen molar-refractivity contribution >= 4 is 39.0 Å². The van der Waals surface area contributed by atoms with Crippen LogP contribution in [-0.4, -0.2) is 14.5 Å². The molecule has 0 aliphatic heterocycles. The summed E-state index contributed by atoms with van der Waals surface area (Å²) in [6, 6.07) is 7.22. The molecule has 2 aromatic heterocycles. The van der Waals surface area contributed by atoms with Gasteiger partial charge in [0.05, 0.1) is 26.5 Å². The Labute approximate surface area is 204 Å². The van der Waals surface area contributed by atoms with Crippen LogP contribution in [0.15, 0.2) is 57.3 Å². The van der Waals surface area contributed by atoms with E-state index in [-0.39, 0.29) is 15.7 Å². The molecular weight excluding hydrogens is 506 g/mol. The highest BCUT2D eigenvalue weighted by Gasteiger charge is 2.33. The number of hydrogen-bond donors (Lipinski definition) is 0. The lowest BCUT2D eigenvalue weighted by atomic mass is 10.1. The second-order valence-electron chi connectivity index (χ2n) is 7.63. The van der Waals surface area contributed by atoms with Gasteiger partial charge in [0.1, 0.15) is 10.6 Å². The number of aryl methyl sites for hydroxylation is 2. The number of hydrogen-bond acceptors (Lipinski definition) is 6. The molecule has 0 unspecified atom stereocenters. The minimum absolute atomic E-state index is 0.0151. The minimum Gasteiger partial charge on any atom is -0.268 e. The summed E-state index contributed by atoms with van der Waals surface area (Å²) in [6.45, 7) is 3.81. The molecule has 0 aliphatic rings. The van der Waals surface area contributed by atoms with Crippen molar-refractivity contribution in [2.75, 3.05) is 0 Å². The largest absolute Gasteiger partial charge is 0.416 e. The lowest BCUT2D eigenvalue weighted by Gasteiger charge is -2.13. The number of nitrogens with zero attached hydrogens (tertiary/aromatic N) is 3. The fraction of sp³-hybridized carbons (Fsp3) is 0.217. The molecule has 0 saturated heterocycles. The Hall–Kier alpha value is -3.25. The Kier molecular flexibility index (Phi) is 6.69. The van der Waals surface area contributed by atoms with Gasteiger partial charge in [-0.3, -0.25) is 19.5 Å².